The summed E-state index contributed by atoms with van der Waals surface area (Å²) in [6.07, 6.45) is -4.36. The lowest BCUT2D eigenvalue weighted by atomic mass is 10.2. The van der Waals surface area contributed by atoms with Gasteiger partial charge in [-0.2, -0.15) is 13.2 Å². The van der Waals surface area contributed by atoms with E-state index in [4.69, 9.17) is 9.15 Å². The fourth-order valence-corrected chi connectivity index (χ4v) is 2.91. The molecular formula is C18H15F3N2O3S. The molecule has 2 aromatic carbocycles. The number of aromatic nitrogens is 2. The number of alkyl halides is 3. The highest BCUT2D eigenvalue weighted by molar-refractivity contribution is 7.98. The molecule has 1 heterocycles. The summed E-state index contributed by atoms with van der Waals surface area (Å²) in [4.78, 5) is 0. The van der Waals surface area contributed by atoms with E-state index in [0.29, 0.717) is 28.2 Å². The lowest BCUT2D eigenvalue weighted by molar-refractivity contribution is -0.153. The zero-order valence-corrected chi connectivity index (χ0v) is 15.0. The number of rotatable bonds is 7. The van der Waals surface area contributed by atoms with Gasteiger partial charge in [-0.1, -0.05) is 36.0 Å². The number of para-hydroxylation sites is 1. The average molecular weight is 396 g/mol. The number of hydrogen-bond acceptors (Lipinski definition) is 6. The topological polar surface area (TPSA) is 57.4 Å². The molecule has 0 radical (unpaired) electrons. The van der Waals surface area contributed by atoms with E-state index in [9.17, 15) is 13.2 Å². The number of hydrogen-bond donors (Lipinski definition) is 0. The largest absolute Gasteiger partial charge is 0.496 e. The molecule has 0 aliphatic rings. The Morgan fingerprint density at radius 2 is 1.78 bits per heavy atom. The molecule has 0 atom stereocenters. The maximum Gasteiger partial charge on any atom is 0.422 e. The van der Waals surface area contributed by atoms with Crippen LogP contribution in [0.3, 0.4) is 0 Å². The first-order valence-electron chi connectivity index (χ1n) is 7.83. The minimum Gasteiger partial charge on any atom is -0.496 e. The standard InChI is InChI=1S/C18H15F3N2O3S/c1-24-15-5-3-2-4-14(15)16-22-23-17(26-16)27-10-12-6-8-13(9-7-12)25-11-18(19,20)21/h2-9H,10-11H2,1H3. The monoisotopic (exact) mass is 396 g/mol. The van der Waals surface area contributed by atoms with Crippen molar-refractivity contribution in [2.24, 2.45) is 0 Å². The van der Waals surface area contributed by atoms with Gasteiger partial charge in [0.15, 0.2) is 6.61 Å². The zero-order chi connectivity index (χ0) is 19.3. The van der Waals surface area contributed by atoms with Gasteiger partial charge < -0.3 is 13.9 Å². The van der Waals surface area contributed by atoms with Crippen LogP contribution in [0.15, 0.2) is 58.2 Å². The van der Waals surface area contributed by atoms with Crippen molar-refractivity contribution in [3.8, 4) is 23.0 Å². The molecule has 27 heavy (non-hydrogen) atoms. The van der Waals surface area contributed by atoms with E-state index in [-0.39, 0.29) is 5.75 Å². The zero-order valence-electron chi connectivity index (χ0n) is 14.2. The van der Waals surface area contributed by atoms with Crippen molar-refractivity contribution in [2.75, 3.05) is 13.7 Å². The highest BCUT2D eigenvalue weighted by Crippen LogP contribution is 2.31. The van der Waals surface area contributed by atoms with Crippen LogP contribution in [0.5, 0.6) is 11.5 Å². The molecule has 0 aliphatic heterocycles. The fraction of sp³-hybridized carbons (Fsp3) is 0.222. The van der Waals surface area contributed by atoms with Gasteiger partial charge in [0.2, 0.25) is 0 Å². The van der Waals surface area contributed by atoms with E-state index >= 15 is 0 Å². The molecular weight excluding hydrogens is 381 g/mol. The number of halogens is 3. The third-order valence-electron chi connectivity index (χ3n) is 3.43. The molecule has 0 spiro atoms. The maximum atomic E-state index is 12.1. The van der Waals surface area contributed by atoms with Gasteiger partial charge in [0.1, 0.15) is 11.5 Å². The van der Waals surface area contributed by atoms with Crippen molar-refractivity contribution in [1.82, 2.24) is 10.2 Å². The lowest BCUT2D eigenvalue weighted by Crippen LogP contribution is -2.19. The van der Waals surface area contributed by atoms with Gasteiger partial charge in [-0.05, 0) is 29.8 Å². The van der Waals surface area contributed by atoms with Crippen LogP contribution in [0.25, 0.3) is 11.5 Å². The van der Waals surface area contributed by atoms with Crippen molar-refractivity contribution in [2.45, 2.75) is 17.2 Å². The second-order valence-electron chi connectivity index (χ2n) is 5.41. The Bertz CT molecular complexity index is 882. The first kappa shape index (κ1) is 19.1. The molecule has 9 heteroatoms. The smallest absolute Gasteiger partial charge is 0.422 e. The van der Waals surface area contributed by atoms with Crippen LogP contribution in [0.2, 0.25) is 0 Å². The van der Waals surface area contributed by atoms with Crippen molar-refractivity contribution in [3.05, 3.63) is 54.1 Å². The van der Waals surface area contributed by atoms with Crippen LogP contribution in [-0.2, 0) is 5.75 Å². The summed E-state index contributed by atoms with van der Waals surface area (Å²) >= 11 is 1.32. The highest BCUT2D eigenvalue weighted by Gasteiger charge is 2.28. The van der Waals surface area contributed by atoms with Gasteiger partial charge in [-0.15, -0.1) is 10.2 Å². The molecule has 0 amide bonds. The summed E-state index contributed by atoms with van der Waals surface area (Å²) in [7, 11) is 1.56. The molecule has 0 aliphatic carbocycles. The summed E-state index contributed by atoms with van der Waals surface area (Å²) in [5, 5.41) is 8.41. The van der Waals surface area contributed by atoms with Crippen LogP contribution in [0.1, 0.15) is 5.56 Å². The second-order valence-corrected chi connectivity index (χ2v) is 6.34. The minimum atomic E-state index is -4.36. The van der Waals surface area contributed by atoms with Gasteiger partial charge in [0.05, 0.1) is 12.7 Å². The Labute approximate surface area is 157 Å². The quantitative estimate of drug-likeness (QED) is 0.525. The number of thioether (sulfide) groups is 1. The Balaban J connectivity index is 1.59. The number of benzene rings is 2. The predicted octanol–water partition coefficient (Wildman–Crippen LogP) is 4.98. The Morgan fingerprint density at radius 1 is 1.04 bits per heavy atom. The molecule has 0 fully saturated rings. The van der Waals surface area contributed by atoms with Gasteiger partial charge in [-0.3, -0.25) is 0 Å². The van der Waals surface area contributed by atoms with Crippen LogP contribution < -0.4 is 9.47 Å². The summed E-state index contributed by atoms with van der Waals surface area (Å²) in [5.74, 6) is 1.67. The first-order chi connectivity index (χ1) is 12.9. The molecule has 0 saturated heterocycles. The van der Waals surface area contributed by atoms with Gasteiger partial charge in [0, 0.05) is 5.75 Å². The van der Waals surface area contributed by atoms with E-state index in [1.54, 1.807) is 25.3 Å². The number of ether oxygens (including phenoxy) is 2. The molecule has 5 nitrogen and oxygen atoms in total. The Kier molecular flexibility index (Phi) is 5.90. The molecule has 142 valence electrons. The molecule has 0 bridgehead atoms. The fourth-order valence-electron chi connectivity index (χ4n) is 2.19. The van der Waals surface area contributed by atoms with E-state index in [1.165, 1.54) is 23.9 Å². The summed E-state index contributed by atoms with van der Waals surface area (Å²) in [6.45, 7) is -1.31. The van der Waals surface area contributed by atoms with Crippen LogP contribution in [0.4, 0.5) is 13.2 Å². The highest BCUT2D eigenvalue weighted by atomic mass is 32.2. The van der Waals surface area contributed by atoms with E-state index < -0.39 is 12.8 Å². The van der Waals surface area contributed by atoms with E-state index in [2.05, 4.69) is 14.9 Å². The summed E-state index contributed by atoms with van der Waals surface area (Å²) in [6, 6.07) is 13.7. The molecule has 3 aromatic rings. The van der Waals surface area contributed by atoms with Crippen molar-refractivity contribution >= 4 is 11.8 Å². The average Bonchev–Trinajstić information content (AvgIpc) is 3.14. The first-order valence-corrected chi connectivity index (χ1v) is 8.81. The molecule has 3 rings (SSSR count). The summed E-state index contributed by atoms with van der Waals surface area (Å²) < 4.78 is 52.0. The summed E-state index contributed by atoms with van der Waals surface area (Å²) in [5.41, 5.74) is 1.59. The Morgan fingerprint density at radius 3 is 2.48 bits per heavy atom. The number of nitrogens with zero attached hydrogens (tertiary/aromatic N) is 2. The molecule has 0 N–H and O–H groups in total. The van der Waals surface area contributed by atoms with E-state index in [1.807, 2.05) is 18.2 Å². The van der Waals surface area contributed by atoms with Gasteiger partial charge >= 0.3 is 6.18 Å². The minimum absolute atomic E-state index is 0.164. The second kappa shape index (κ2) is 8.34. The molecule has 1 aromatic heterocycles. The van der Waals surface area contributed by atoms with Crippen molar-refractivity contribution in [1.29, 1.82) is 0 Å². The van der Waals surface area contributed by atoms with E-state index in [0.717, 1.165) is 5.56 Å². The SMILES string of the molecule is COc1ccccc1-c1nnc(SCc2ccc(OCC(F)(F)F)cc2)o1. The third kappa shape index (κ3) is 5.40. The third-order valence-corrected chi connectivity index (χ3v) is 4.32. The van der Waals surface area contributed by atoms with Crippen LogP contribution in [0, 0.1) is 0 Å². The lowest BCUT2D eigenvalue weighted by Gasteiger charge is -2.09. The predicted molar refractivity (Wildman–Crippen MR) is 93.8 cm³/mol. The molecule has 0 saturated carbocycles. The van der Waals surface area contributed by atoms with Gasteiger partial charge in [-0.25, -0.2) is 0 Å². The maximum absolute atomic E-state index is 12.1. The van der Waals surface area contributed by atoms with Crippen LogP contribution in [-0.4, -0.2) is 30.1 Å². The van der Waals surface area contributed by atoms with Crippen LogP contribution >= 0.6 is 11.8 Å². The molecule has 0 unspecified atom stereocenters. The van der Waals surface area contributed by atoms with Crippen molar-refractivity contribution in [3.63, 3.8) is 0 Å². The number of methoxy groups -OCH3 is 1. The Hall–Kier alpha value is -2.68. The van der Waals surface area contributed by atoms with Gasteiger partial charge in [0.25, 0.3) is 11.1 Å². The van der Waals surface area contributed by atoms with Crippen molar-refractivity contribution < 1.29 is 27.1 Å². The normalized spacial score (nSPS) is 11.4.